The molecule has 0 aliphatic heterocycles. The van der Waals surface area contributed by atoms with Crippen LogP contribution in [0.25, 0.3) is 0 Å². The molecular formula is C7H16N2O. The predicted molar refractivity (Wildman–Crippen MR) is 40.6 cm³/mol. The monoisotopic (exact) mass is 144 g/mol. The second-order valence-electron chi connectivity index (χ2n) is 3.01. The molecule has 3 atom stereocenters. The van der Waals surface area contributed by atoms with Gasteiger partial charge in [-0.1, -0.05) is 0 Å². The van der Waals surface area contributed by atoms with E-state index in [0.29, 0.717) is 6.04 Å². The minimum atomic E-state index is 0.184. The molecule has 0 aromatic carbocycles. The Kier molecular flexibility index (Phi) is 2.65. The molecule has 1 fully saturated rings. The van der Waals surface area contributed by atoms with Gasteiger partial charge < -0.3 is 16.2 Å². The van der Waals surface area contributed by atoms with Gasteiger partial charge in [0, 0.05) is 19.2 Å². The molecule has 3 nitrogen and oxygen atoms in total. The first-order chi connectivity index (χ1) is 4.74. The van der Waals surface area contributed by atoms with Crippen LogP contribution in [0.1, 0.15) is 19.3 Å². The van der Waals surface area contributed by atoms with Crippen LogP contribution in [0.5, 0.6) is 0 Å². The van der Waals surface area contributed by atoms with Crippen LogP contribution in [0.3, 0.4) is 0 Å². The number of rotatable bonds is 1. The molecule has 10 heavy (non-hydrogen) atoms. The van der Waals surface area contributed by atoms with Gasteiger partial charge in [-0.25, -0.2) is 0 Å². The summed E-state index contributed by atoms with van der Waals surface area (Å²) >= 11 is 0. The number of hydrogen-bond acceptors (Lipinski definition) is 3. The van der Waals surface area contributed by atoms with E-state index in [1.807, 2.05) is 0 Å². The highest BCUT2D eigenvalue weighted by atomic mass is 16.5. The summed E-state index contributed by atoms with van der Waals surface area (Å²) in [4.78, 5) is 0. The summed E-state index contributed by atoms with van der Waals surface area (Å²) in [5, 5.41) is 0. The average Bonchev–Trinajstić information content (AvgIpc) is 1.94. The summed E-state index contributed by atoms with van der Waals surface area (Å²) in [5.74, 6) is 0. The molecule has 0 radical (unpaired) electrons. The van der Waals surface area contributed by atoms with Crippen molar-refractivity contribution in [2.24, 2.45) is 11.5 Å². The van der Waals surface area contributed by atoms with Gasteiger partial charge in [0.2, 0.25) is 0 Å². The summed E-state index contributed by atoms with van der Waals surface area (Å²) < 4.78 is 5.17. The Morgan fingerprint density at radius 2 is 2.00 bits per heavy atom. The Hall–Kier alpha value is -0.120. The zero-order chi connectivity index (χ0) is 7.56. The van der Waals surface area contributed by atoms with Crippen molar-refractivity contribution >= 4 is 0 Å². The average molecular weight is 144 g/mol. The number of hydrogen-bond donors (Lipinski definition) is 2. The molecule has 1 saturated carbocycles. The fourth-order valence-electron chi connectivity index (χ4n) is 1.45. The van der Waals surface area contributed by atoms with Gasteiger partial charge in [-0.2, -0.15) is 0 Å². The first-order valence-electron chi connectivity index (χ1n) is 3.78. The molecule has 0 bridgehead atoms. The van der Waals surface area contributed by atoms with Crippen molar-refractivity contribution in [3.05, 3.63) is 0 Å². The Morgan fingerprint density at radius 1 is 1.30 bits per heavy atom. The largest absolute Gasteiger partial charge is 0.380 e. The number of methoxy groups -OCH3 is 1. The van der Waals surface area contributed by atoms with Crippen molar-refractivity contribution < 1.29 is 4.74 Å². The Morgan fingerprint density at radius 3 is 2.50 bits per heavy atom. The standard InChI is InChI=1S/C7H16N2O/c1-10-7-4-5(8)2-3-6(7)9/h5-7H,2-4,8-9H2,1H3. The molecule has 0 amide bonds. The van der Waals surface area contributed by atoms with Gasteiger partial charge in [0.15, 0.2) is 0 Å². The third kappa shape index (κ3) is 1.68. The molecule has 3 unspecified atom stereocenters. The van der Waals surface area contributed by atoms with E-state index in [1.54, 1.807) is 7.11 Å². The van der Waals surface area contributed by atoms with Gasteiger partial charge >= 0.3 is 0 Å². The second kappa shape index (κ2) is 3.32. The van der Waals surface area contributed by atoms with Crippen LogP contribution in [0.15, 0.2) is 0 Å². The maximum atomic E-state index is 5.77. The smallest absolute Gasteiger partial charge is 0.0736 e. The van der Waals surface area contributed by atoms with Crippen LogP contribution in [0.4, 0.5) is 0 Å². The van der Waals surface area contributed by atoms with Crippen molar-refractivity contribution in [3.63, 3.8) is 0 Å². The van der Waals surface area contributed by atoms with Crippen molar-refractivity contribution in [2.75, 3.05) is 7.11 Å². The SMILES string of the molecule is COC1CC(N)CCC1N. The molecule has 0 saturated heterocycles. The Balaban J connectivity index is 2.38. The third-order valence-corrected chi connectivity index (χ3v) is 2.19. The van der Waals surface area contributed by atoms with Crippen molar-refractivity contribution in [2.45, 2.75) is 37.5 Å². The van der Waals surface area contributed by atoms with Gasteiger partial charge in [-0.3, -0.25) is 0 Å². The van der Waals surface area contributed by atoms with E-state index in [0.717, 1.165) is 19.3 Å². The maximum Gasteiger partial charge on any atom is 0.0736 e. The van der Waals surface area contributed by atoms with Crippen molar-refractivity contribution in [1.82, 2.24) is 0 Å². The van der Waals surface area contributed by atoms with Gasteiger partial charge in [-0.05, 0) is 19.3 Å². The first kappa shape index (κ1) is 7.98. The summed E-state index contributed by atoms with van der Waals surface area (Å²) in [6, 6.07) is 0.495. The Labute approximate surface area is 61.7 Å². The molecule has 0 aromatic heterocycles. The van der Waals surface area contributed by atoms with Crippen LogP contribution in [0.2, 0.25) is 0 Å². The molecular weight excluding hydrogens is 128 g/mol. The van der Waals surface area contributed by atoms with Gasteiger partial charge in [0.05, 0.1) is 6.10 Å². The molecule has 4 N–H and O–H groups in total. The van der Waals surface area contributed by atoms with Crippen molar-refractivity contribution in [3.8, 4) is 0 Å². The maximum absolute atomic E-state index is 5.77. The molecule has 1 rings (SSSR count). The molecule has 1 aliphatic rings. The van der Waals surface area contributed by atoms with Crippen LogP contribution >= 0.6 is 0 Å². The lowest BCUT2D eigenvalue weighted by molar-refractivity contribution is 0.0482. The van der Waals surface area contributed by atoms with Crippen molar-refractivity contribution in [1.29, 1.82) is 0 Å². The molecule has 3 heteroatoms. The van der Waals surface area contributed by atoms with E-state index in [1.165, 1.54) is 0 Å². The summed E-state index contributed by atoms with van der Waals surface area (Å²) in [6.07, 6.45) is 3.14. The van der Waals surface area contributed by atoms with Gasteiger partial charge in [0.25, 0.3) is 0 Å². The third-order valence-electron chi connectivity index (χ3n) is 2.19. The highest BCUT2D eigenvalue weighted by molar-refractivity contribution is 4.84. The predicted octanol–water partition coefficient (Wildman–Crippen LogP) is -0.160. The number of nitrogens with two attached hydrogens (primary N) is 2. The van der Waals surface area contributed by atoms with Crippen LogP contribution < -0.4 is 11.5 Å². The molecule has 0 aromatic rings. The zero-order valence-electron chi connectivity index (χ0n) is 6.42. The molecule has 0 heterocycles. The molecule has 0 spiro atoms. The zero-order valence-corrected chi connectivity index (χ0v) is 6.42. The van der Waals surface area contributed by atoms with E-state index in [2.05, 4.69) is 0 Å². The highest BCUT2D eigenvalue weighted by Gasteiger charge is 2.25. The topological polar surface area (TPSA) is 61.3 Å². The summed E-state index contributed by atoms with van der Waals surface area (Å²) in [7, 11) is 1.70. The quantitative estimate of drug-likeness (QED) is 0.537. The lowest BCUT2D eigenvalue weighted by atomic mass is 9.90. The van der Waals surface area contributed by atoms with Gasteiger partial charge in [-0.15, -0.1) is 0 Å². The van der Waals surface area contributed by atoms with Crippen LogP contribution in [0, 0.1) is 0 Å². The minimum absolute atomic E-state index is 0.184. The second-order valence-corrected chi connectivity index (χ2v) is 3.01. The van der Waals surface area contributed by atoms with Crippen LogP contribution in [-0.4, -0.2) is 25.3 Å². The van der Waals surface area contributed by atoms with Gasteiger partial charge in [0.1, 0.15) is 0 Å². The first-order valence-corrected chi connectivity index (χ1v) is 3.78. The normalized spacial score (nSPS) is 41.7. The lowest BCUT2D eigenvalue weighted by Crippen LogP contribution is -2.45. The van der Waals surface area contributed by atoms with E-state index in [9.17, 15) is 0 Å². The van der Waals surface area contributed by atoms with E-state index in [4.69, 9.17) is 16.2 Å². The van der Waals surface area contributed by atoms with E-state index in [-0.39, 0.29) is 12.1 Å². The van der Waals surface area contributed by atoms with Crippen LogP contribution in [-0.2, 0) is 4.74 Å². The van der Waals surface area contributed by atoms with E-state index >= 15 is 0 Å². The molecule has 60 valence electrons. The minimum Gasteiger partial charge on any atom is -0.380 e. The number of ether oxygens (including phenoxy) is 1. The Bertz CT molecular complexity index is 108. The fourth-order valence-corrected chi connectivity index (χ4v) is 1.45. The summed E-state index contributed by atoms with van der Waals surface area (Å²) in [5.41, 5.74) is 11.5. The summed E-state index contributed by atoms with van der Waals surface area (Å²) in [6.45, 7) is 0. The lowest BCUT2D eigenvalue weighted by Gasteiger charge is -2.30. The molecule has 1 aliphatic carbocycles. The fraction of sp³-hybridized carbons (Fsp3) is 1.00. The highest BCUT2D eigenvalue weighted by Crippen LogP contribution is 2.17. The van der Waals surface area contributed by atoms with E-state index < -0.39 is 0 Å².